The predicted molar refractivity (Wildman–Crippen MR) is 82.1 cm³/mol. The molecule has 0 aliphatic carbocycles. The molecule has 0 saturated heterocycles. The fraction of sp³-hybridized carbons (Fsp3) is 0.333. The number of benzene rings is 1. The summed E-state index contributed by atoms with van der Waals surface area (Å²) in [6.07, 6.45) is 0. The lowest BCUT2D eigenvalue weighted by Crippen LogP contribution is -2.01. The highest BCUT2D eigenvalue weighted by molar-refractivity contribution is 6.32. The van der Waals surface area contributed by atoms with Crippen molar-refractivity contribution in [2.24, 2.45) is 0 Å². The maximum absolute atomic E-state index is 6.14. The molecule has 0 bridgehead atoms. The zero-order valence-electron chi connectivity index (χ0n) is 11.9. The summed E-state index contributed by atoms with van der Waals surface area (Å²) in [5, 5.41) is 0.415. The summed E-state index contributed by atoms with van der Waals surface area (Å²) in [5.41, 5.74) is 3.00. The van der Waals surface area contributed by atoms with E-state index in [4.69, 9.17) is 27.9 Å². The molecule has 0 aliphatic rings. The van der Waals surface area contributed by atoms with Crippen molar-refractivity contribution in [1.29, 1.82) is 0 Å². The highest BCUT2D eigenvalue weighted by Crippen LogP contribution is 2.34. The van der Waals surface area contributed by atoms with E-state index in [-0.39, 0.29) is 11.2 Å². The number of aryl methyl sites for hydroxylation is 2. The first-order chi connectivity index (χ1) is 9.36. The Bertz CT molecular complexity index is 622. The SMILES string of the molecule is Cc1cc(C)cc(Oc2nc(Cl)nc(Cl)c2C(C)C)c1. The molecule has 5 heteroatoms. The lowest BCUT2D eigenvalue weighted by Gasteiger charge is -2.14. The van der Waals surface area contributed by atoms with Crippen molar-refractivity contribution in [2.75, 3.05) is 0 Å². The smallest absolute Gasteiger partial charge is 0.228 e. The Balaban J connectivity index is 2.47. The molecule has 20 heavy (non-hydrogen) atoms. The minimum Gasteiger partial charge on any atom is -0.438 e. The van der Waals surface area contributed by atoms with Crippen molar-refractivity contribution in [3.8, 4) is 11.6 Å². The van der Waals surface area contributed by atoms with E-state index >= 15 is 0 Å². The second-order valence-electron chi connectivity index (χ2n) is 5.08. The normalized spacial score (nSPS) is 10.9. The third-order valence-corrected chi connectivity index (χ3v) is 3.28. The minimum absolute atomic E-state index is 0.0822. The van der Waals surface area contributed by atoms with Gasteiger partial charge in [-0.2, -0.15) is 4.98 Å². The molecular weight excluding hydrogens is 295 g/mol. The van der Waals surface area contributed by atoms with Gasteiger partial charge in [-0.15, -0.1) is 0 Å². The van der Waals surface area contributed by atoms with Crippen LogP contribution in [0.3, 0.4) is 0 Å². The van der Waals surface area contributed by atoms with Gasteiger partial charge in [0, 0.05) is 0 Å². The quantitative estimate of drug-likeness (QED) is 0.568. The van der Waals surface area contributed by atoms with Gasteiger partial charge in [0.05, 0.1) is 5.56 Å². The molecule has 1 aromatic carbocycles. The van der Waals surface area contributed by atoms with Gasteiger partial charge in [-0.1, -0.05) is 31.5 Å². The van der Waals surface area contributed by atoms with Crippen molar-refractivity contribution >= 4 is 23.2 Å². The van der Waals surface area contributed by atoms with E-state index in [2.05, 4.69) is 16.0 Å². The van der Waals surface area contributed by atoms with Crippen LogP contribution in [0.25, 0.3) is 0 Å². The molecule has 0 unspecified atom stereocenters. The topological polar surface area (TPSA) is 35.0 Å². The zero-order valence-corrected chi connectivity index (χ0v) is 13.4. The molecule has 0 N–H and O–H groups in total. The van der Waals surface area contributed by atoms with Crippen molar-refractivity contribution in [3.05, 3.63) is 45.3 Å². The van der Waals surface area contributed by atoms with Crippen LogP contribution >= 0.6 is 23.2 Å². The van der Waals surface area contributed by atoms with E-state index in [0.717, 1.165) is 22.4 Å². The third-order valence-electron chi connectivity index (χ3n) is 2.82. The minimum atomic E-state index is 0.0822. The van der Waals surface area contributed by atoms with Crippen molar-refractivity contribution in [2.45, 2.75) is 33.6 Å². The molecule has 0 fully saturated rings. The third kappa shape index (κ3) is 3.41. The van der Waals surface area contributed by atoms with Gasteiger partial charge in [0.2, 0.25) is 11.2 Å². The summed E-state index contributed by atoms with van der Waals surface area (Å²) in [4.78, 5) is 8.13. The molecule has 1 aromatic heterocycles. The number of hydrogen-bond acceptors (Lipinski definition) is 3. The molecule has 0 spiro atoms. The fourth-order valence-electron chi connectivity index (χ4n) is 2.06. The van der Waals surface area contributed by atoms with E-state index in [1.165, 1.54) is 0 Å². The number of nitrogens with zero attached hydrogens (tertiary/aromatic N) is 2. The van der Waals surface area contributed by atoms with Gasteiger partial charge in [0.25, 0.3) is 0 Å². The Kier molecular flexibility index (Phi) is 4.51. The van der Waals surface area contributed by atoms with Crippen LogP contribution in [0.1, 0.15) is 36.5 Å². The van der Waals surface area contributed by atoms with Gasteiger partial charge in [0.1, 0.15) is 10.9 Å². The number of hydrogen-bond donors (Lipinski definition) is 0. The Hall–Kier alpha value is -1.32. The first-order valence-corrected chi connectivity index (χ1v) is 7.11. The average molecular weight is 311 g/mol. The molecule has 2 rings (SSSR count). The molecule has 106 valence electrons. The van der Waals surface area contributed by atoms with E-state index in [1.54, 1.807) is 0 Å². The Morgan fingerprint density at radius 3 is 2.15 bits per heavy atom. The monoisotopic (exact) mass is 310 g/mol. The summed E-state index contributed by atoms with van der Waals surface area (Å²) in [6.45, 7) is 8.05. The van der Waals surface area contributed by atoms with Crippen molar-refractivity contribution < 1.29 is 4.74 Å². The Morgan fingerprint density at radius 1 is 1.00 bits per heavy atom. The lowest BCUT2D eigenvalue weighted by molar-refractivity contribution is 0.450. The average Bonchev–Trinajstić information content (AvgIpc) is 2.25. The van der Waals surface area contributed by atoms with Gasteiger partial charge >= 0.3 is 0 Å². The number of ether oxygens (including phenoxy) is 1. The van der Waals surface area contributed by atoms with Gasteiger partial charge < -0.3 is 4.74 Å². The first-order valence-electron chi connectivity index (χ1n) is 6.36. The highest BCUT2D eigenvalue weighted by Gasteiger charge is 2.17. The summed E-state index contributed by atoms with van der Waals surface area (Å²) in [6, 6.07) is 5.97. The van der Waals surface area contributed by atoms with E-state index in [1.807, 2.05) is 39.8 Å². The van der Waals surface area contributed by atoms with E-state index < -0.39 is 0 Å². The maximum Gasteiger partial charge on any atom is 0.228 e. The van der Waals surface area contributed by atoms with Crippen LogP contribution in [0.2, 0.25) is 10.4 Å². The predicted octanol–water partition coefficient (Wildman–Crippen LogP) is 5.32. The first kappa shape index (κ1) is 15.1. The standard InChI is InChI=1S/C15H16Cl2N2O/c1-8(2)12-13(16)18-15(17)19-14(12)20-11-6-9(3)5-10(4)7-11/h5-8H,1-4H3. The molecule has 0 aliphatic heterocycles. The van der Waals surface area contributed by atoms with E-state index in [9.17, 15) is 0 Å². The van der Waals surface area contributed by atoms with E-state index in [0.29, 0.717) is 11.0 Å². The summed E-state index contributed by atoms with van der Waals surface area (Å²) in [7, 11) is 0. The second kappa shape index (κ2) is 5.98. The summed E-state index contributed by atoms with van der Waals surface area (Å²) < 4.78 is 5.87. The summed E-state index contributed by atoms with van der Waals surface area (Å²) in [5.74, 6) is 1.27. The Labute approximate surface area is 128 Å². The van der Waals surface area contributed by atoms with Gasteiger partial charge in [-0.05, 0) is 54.6 Å². The molecule has 2 aromatic rings. The zero-order chi connectivity index (χ0) is 14.9. The molecule has 0 amide bonds. The van der Waals surface area contributed by atoms with Gasteiger partial charge in [-0.3, -0.25) is 0 Å². The number of rotatable bonds is 3. The van der Waals surface area contributed by atoms with Gasteiger partial charge in [0.15, 0.2) is 0 Å². The van der Waals surface area contributed by atoms with Crippen LogP contribution in [0.15, 0.2) is 18.2 Å². The number of aromatic nitrogens is 2. The van der Waals surface area contributed by atoms with Crippen LogP contribution in [0.4, 0.5) is 0 Å². The van der Waals surface area contributed by atoms with Crippen molar-refractivity contribution in [3.63, 3.8) is 0 Å². The second-order valence-corrected chi connectivity index (χ2v) is 5.78. The highest BCUT2D eigenvalue weighted by atomic mass is 35.5. The Morgan fingerprint density at radius 2 is 1.60 bits per heavy atom. The molecule has 0 radical (unpaired) electrons. The molecule has 0 saturated carbocycles. The van der Waals surface area contributed by atoms with Crippen LogP contribution in [0.5, 0.6) is 11.6 Å². The van der Waals surface area contributed by atoms with Crippen LogP contribution < -0.4 is 4.74 Å². The lowest BCUT2D eigenvalue weighted by atomic mass is 10.1. The summed E-state index contributed by atoms with van der Waals surface area (Å²) >= 11 is 12.0. The van der Waals surface area contributed by atoms with Gasteiger partial charge in [-0.25, -0.2) is 4.98 Å². The van der Waals surface area contributed by atoms with Crippen LogP contribution in [0, 0.1) is 13.8 Å². The molecular formula is C15H16Cl2N2O. The number of halogens is 2. The molecule has 3 nitrogen and oxygen atoms in total. The fourth-order valence-corrected chi connectivity index (χ4v) is 2.65. The van der Waals surface area contributed by atoms with Crippen molar-refractivity contribution in [1.82, 2.24) is 9.97 Å². The molecule has 0 atom stereocenters. The largest absolute Gasteiger partial charge is 0.438 e. The maximum atomic E-state index is 6.14. The van der Waals surface area contributed by atoms with Crippen LogP contribution in [-0.2, 0) is 0 Å². The molecule has 1 heterocycles. The van der Waals surface area contributed by atoms with Crippen LogP contribution in [-0.4, -0.2) is 9.97 Å².